The quantitative estimate of drug-likeness (QED) is 0.234. The molecular formula is C30H34F3N5O2Si. The Hall–Kier alpha value is -3.44. The van der Waals surface area contributed by atoms with Gasteiger partial charge in [-0.05, 0) is 50.5 Å². The summed E-state index contributed by atoms with van der Waals surface area (Å²) in [7, 11) is -2.10. The molecule has 1 aliphatic heterocycles. The molecule has 1 N–H and O–H groups in total. The molecule has 11 heteroatoms. The summed E-state index contributed by atoms with van der Waals surface area (Å²) in [6, 6.07) is 6.37. The lowest BCUT2D eigenvalue weighted by Gasteiger charge is -2.42. The fourth-order valence-corrected chi connectivity index (χ4v) is 7.46. The summed E-state index contributed by atoms with van der Waals surface area (Å²) in [5.74, 6) is -0.0276. The first-order chi connectivity index (χ1) is 19.2. The van der Waals surface area contributed by atoms with Crippen molar-refractivity contribution in [1.82, 2.24) is 19.4 Å². The molecule has 2 aliphatic rings. The highest BCUT2D eigenvalue weighted by molar-refractivity contribution is 6.74. The fourth-order valence-electron chi connectivity index (χ4n) is 5.79. The molecule has 6 rings (SSSR count). The average molecular weight is 582 g/mol. The van der Waals surface area contributed by atoms with Crippen LogP contribution in [0.25, 0.3) is 16.8 Å². The number of anilines is 1. The molecule has 0 amide bonds. The molecule has 1 aliphatic carbocycles. The van der Waals surface area contributed by atoms with Crippen molar-refractivity contribution in [2.75, 3.05) is 5.32 Å². The zero-order chi connectivity index (χ0) is 29.5. The second-order valence-electron chi connectivity index (χ2n) is 12.9. The lowest BCUT2D eigenvalue weighted by molar-refractivity contribution is -0.0505. The van der Waals surface area contributed by atoms with Gasteiger partial charge in [-0.25, -0.2) is 19.3 Å². The monoisotopic (exact) mass is 581 g/mol. The summed E-state index contributed by atoms with van der Waals surface area (Å²) in [6.45, 7) is 11.9. The van der Waals surface area contributed by atoms with Crippen molar-refractivity contribution in [2.45, 2.75) is 83.3 Å². The van der Waals surface area contributed by atoms with Gasteiger partial charge in [0.15, 0.2) is 14.1 Å². The molecular weight excluding hydrogens is 547 g/mol. The van der Waals surface area contributed by atoms with Crippen molar-refractivity contribution in [3.05, 3.63) is 71.4 Å². The number of rotatable bonds is 6. The lowest BCUT2D eigenvalue weighted by atomic mass is 9.90. The summed E-state index contributed by atoms with van der Waals surface area (Å²) in [6.07, 6.45) is 5.57. The van der Waals surface area contributed by atoms with Crippen LogP contribution in [0.4, 0.5) is 18.9 Å². The van der Waals surface area contributed by atoms with Crippen molar-refractivity contribution in [3.8, 4) is 16.9 Å². The first-order valence-electron chi connectivity index (χ1n) is 13.7. The van der Waals surface area contributed by atoms with Crippen LogP contribution in [0.1, 0.15) is 75.8 Å². The predicted molar refractivity (Wildman–Crippen MR) is 153 cm³/mol. The Balaban J connectivity index is 1.38. The zero-order valence-corrected chi connectivity index (χ0v) is 25.2. The van der Waals surface area contributed by atoms with E-state index in [2.05, 4.69) is 49.1 Å². The SMILES string of the molecule is CC(C)(O[Si](C)(C)C(C)(C)C)c1ncc(-c2cn3c4c(nc3cc2F)[C@H]2C[C@@H]4c3c(cccc3OC(F)F)N2)cn1. The van der Waals surface area contributed by atoms with Gasteiger partial charge in [0.25, 0.3) is 0 Å². The Morgan fingerprint density at radius 1 is 1.10 bits per heavy atom. The smallest absolute Gasteiger partial charge is 0.387 e. The highest BCUT2D eigenvalue weighted by Gasteiger charge is 2.44. The average Bonchev–Trinajstić information content (AvgIpc) is 3.36. The van der Waals surface area contributed by atoms with Crippen molar-refractivity contribution in [2.24, 2.45) is 0 Å². The van der Waals surface area contributed by atoms with E-state index in [0.717, 1.165) is 17.1 Å². The maximum absolute atomic E-state index is 15.4. The van der Waals surface area contributed by atoms with E-state index in [4.69, 9.17) is 14.1 Å². The molecule has 0 saturated carbocycles. The maximum Gasteiger partial charge on any atom is 0.387 e. The Kier molecular flexibility index (Phi) is 6.28. The van der Waals surface area contributed by atoms with Crippen molar-refractivity contribution in [1.29, 1.82) is 0 Å². The minimum Gasteiger partial charge on any atom is -0.434 e. The van der Waals surface area contributed by atoms with Crippen LogP contribution in [0.2, 0.25) is 18.1 Å². The van der Waals surface area contributed by atoms with Gasteiger partial charge < -0.3 is 18.9 Å². The molecule has 2 atom stereocenters. The standard InChI is InChI=1S/C30H34F3N5O2Si/c1-29(2,3)41(6,7)40-30(4,5)27-34-13-16(14-35-27)18-15-38-23(12-19(18)31)37-25-21-11-17(26(25)38)24-20(36-21)9-8-10-22(24)39-28(32)33/h8-10,12-15,17,21,28,36H,11H2,1-7H3/t17-,21-/m1/s1. The van der Waals surface area contributed by atoms with Crippen LogP contribution in [0.5, 0.6) is 5.75 Å². The number of imidazole rings is 1. The van der Waals surface area contributed by atoms with E-state index in [1.807, 2.05) is 24.3 Å². The zero-order valence-electron chi connectivity index (χ0n) is 24.2. The summed E-state index contributed by atoms with van der Waals surface area (Å²) in [5.41, 5.74) is 3.58. The van der Waals surface area contributed by atoms with Gasteiger partial charge in [-0.1, -0.05) is 26.8 Å². The minimum absolute atomic E-state index is 0.0223. The van der Waals surface area contributed by atoms with Crippen LogP contribution >= 0.6 is 0 Å². The topological polar surface area (TPSA) is 73.6 Å². The van der Waals surface area contributed by atoms with Gasteiger partial charge in [0.2, 0.25) is 0 Å². The molecule has 2 bridgehead atoms. The van der Waals surface area contributed by atoms with Crippen LogP contribution in [0.3, 0.4) is 0 Å². The normalized spacial score (nSPS) is 18.4. The Bertz CT molecular complexity index is 1650. The molecule has 7 nitrogen and oxygen atoms in total. The van der Waals surface area contributed by atoms with E-state index in [9.17, 15) is 8.78 Å². The Morgan fingerprint density at radius 2 is 1.80 bits per heavy atom. The van der Waals surface area contributed by atoms with E-state index in [0.29, 0.717) is 34.6 Å². The predicted octanol–water partition coefficient (Wildman–Crippen LogP) is 7.79. The van der Waals surface area contributed by atoms with E-state index in [1.54, 1.807) is 30.7 Å². The molecule has 4 heterocycles. The third kappa shape index (κ3) is 4.59. The van der Waals surface area contributed by atoms with Crippen LogP contribution < -0.4 is 10.1 Å². The number of ether oxygens (including phenoxy) is 1. The second-order valence-corrected chi connectivity index (χ2v) is 17.6. The Labute approximate surface area is 238 Å². The Morgan fingerprint density at radius 3 is 2.46 bits per heavy atom. The summed E-state index contributed by atoms with van der Waals surface area (Å²) in [5, 5.41) is 3.42. The number of nitrogens with zero attached hydrogens (tertiary/aromatic N) is 4. The van der Waals surface area contributed by atoms with Crippen LogP contribution in [-0.2, 0) is 10.0 Å². The molecule has 216 valence electrons. The van der Waals surface area contributed by atoms with Gasteiger partial charge in [-0.3, -0.25) is 0 Å². The highest BCUT2D eigenvalue weighted by atomic mass is 28.4. The number of pyridine rings is 1. The first kappa shape index (κ1) is 27.7. The van der Waals surface area contributed by atoms with Gasteiger partial charge in [0.1, 0.15) is 22.8 Å². The van der Waals surface area contributed by atoms with Crippen molar-refractivity contribution >= 4 is 19.7 Å². The third-order valence-electron chi connectivity index (χ3n) is 8.68. The van der Waals surface area contributed by atoms with Gasteiger partial charge in [0.05, 0.1) is 17.4 Å². The maximum atomic E-state index is 15.4. The van der Waals surface area contributed by atoms with E-state index in [1.165, 1.54) is 6.07 Å². The molecule has 0 radical (unpaired) electrons. The first-order valence-corrected chi connectivity index (χ1v) is 16.7. The number of hydrogen-bond acceptors (Lipinski definition) is 6. The van der Waals surface area contributed by atoms with Crippen LogP contribution in [0.15, 0.2) is 42.9 Å². The van der Waals surface area contributed by atoms with Crippen LogP contribution in [-0.4, -0.2) is 34.3 Å². The molecule has 3 aromatic heterocycles. The van der Waals surface area contributed by atoms with E-state index >= 15 is 4.39 Å². The highest BCUT2D eigenvalue weighted by Crippen LogP contribution is 2.54. The van der Waals surface area contributed by atoms with E-state index < -0.39 is 26.3 Å². The number of halogens is 3. The summed E-state index contributed by atoms with van der Waals surface area (Å²) < 4.78 is 55.2. The van der Waals surface area contributed by atoms with Gasteiger partial charge in [-0.2, -0.15) is 8.78 Å². The number of aromatic nitrogens is 4. The molecule has 0 saturated heterocycles. The molecule has 41 heavy (non-hydrogen) atoms. The number of fused-ring (bicyclic) bond motifs is 9. The van der Waals surface area contributed by atoms with Crippen molar-refractivity contribution in [3.63, 3.8) is 0 Å². The number of nitrogens with one attached hydrogen (secondary N) is 1. The van der Waals surface area contributed by atoms with Gasteiger partial charge >= 0.3 is 6.61 Å². The third-order valence-corrected chi connectivity index (χ3v) is 13.3. The molecule has 1 aromatic carbocycles. The molecule has 0 unspecified atom stereocenters. The fraction of sp³-hybridized carbons (Fsp3) is 0.433. The summed E-state index contributed by atoms with van der Waals surface area (Å²) in [4.78, 5) is 13.9. The number of alkyl halides is 2. The lowest BCUT2D eigenvalue weighted by Crippen LogP contribution is -2.46. The largest absolute Gasteiger partial charge is 0.434 e. The van der Waals surface area contributed by atoms with Crippen LogP contribution in [0, 0.1) is 5.82 Å². The van der Waals surface area contributed by atoms with E-state index in [-0.39, 0.29) is 22.7 Å². The molecule has 4 aromatic rings. The number of benzene rings is 1. The van der Waals surface area contributed by atoms with Crippen molar-refractivity contribution < 1.29 is 22.3 Å². The second kappa shape index (κ2) is 9.28. The van der Waals surface area contributed by atoms with Gasteiger partial charge in [0, 0.05) is 53.0 Å². The minimum atomic E-state index is -2.94. The molecule has 0 fully saturated rings. The summed E-state index contributed by atoms with van der Waals surface area (Å²) >= 11 is 0. The molecule has 0 spiro atoms. The number of hydrogen-bond donors (Lipinski definition) is 1. The van der Waals surface area contributed by atoms with Gasteiger partial charge in [-0.15, -0.1) is 0 Å².